The van der Waals surface area contributed by atoms with E-state index in [2.05, 4.69) is 32.3 Å². The van der Waals surface area contributed by atoms with Crippen LogP contribution in [-0.2, 0) is 0 Å². The second kappa shape index (κ2) is 4.84. The van der Waals surface area contributed by atoms with Gasteiger partial charge in [-0.15, -0.1) is 6.58 Å². The van der Waals surface area contributed by atoms with Crippen LogP contribution in [0.2, 0.25) is 0 Å². The molecular formula is C13H25NO. The highest BCUT2D eigenvalue weighted by Gasteiger charge is 2.38. The first-order valence-corrected chi connectivity index (χ1v) is 5.42. The molecule has 0 spiro atoms. The van der Waals surface area contributed by atoms with E-state index >= 15 is 0 Å². The van der Waals surface area contributed by atoms with Crippen molar-refractivity contribution in [2.75, 3.05) is 7.05 Å². The molecule has 0 bridgehead atoms. The van der Waals surface area contributed by atoms with Crippen molar-refractivity contribution in [1.29, 1.82) is 0 Å². The average molecular weight is 211 g/mol. The van der Waals surface area contributed by atoms with Gasteiger partial charge >= 0.3 is 0 Å². The standard InChI is InChI=1S/C13H25NO/c1-8-12(5,6)9-13(15,10(2)3)11(4)14-7/h8,10,14-15H,1,4,9H2,2-3,5-7H3. The van der Waals surface area contributed by atoms with Crippen LogP contribution >= 0.6 is 0 Å². The van der Waals surface area contributed by atoms with E-state index in [4.69, 9.17) is 0 Å². The van der Waals surface area contributed by atoms with Gasteiger partial charge < -0.3 is 10.4 Å². The summed E-state index contributed by atoms with van der Waals surface area (Å²) >= 11 is 0. The summed E-state index contributed by atoms with van der Waals surface area (Å²) in [7, 11) is 1.79. The van der Waals surface area contributed by atoms with Gasteiger partial charge in [0, 0.05) is 12.7 Å². The zero-order chi connectivity index (χ0) is 12.3. The van der Waals surface area contributed by atoms with Gasteiger partial charge in [0.15, 0.2) is 0 Å². The van der Waals surface area contributed by atoms with Crippen molar-refractivity contribution in [3.8, 4) is 0 Å². The molecule has 0 aliphatic heterocycles. The highest BCUT2D eigenvalue weighted by molar-refractivity contribution is 5.14. The summed E-state index contributed by atoms with van der Waals surface area (Å²) in [6.45, 7) is 15.8. The molecule has 1 unspecified atom stereocenters. The molecule has 15 heavy (non-hydrogen) atoms. The summed E-state index contributed by atoms with van der Waals surface area (Å²) in [5.74, 6) is 0.122. The van der Waals surface area contributed by atoms with E-state index in [1.807, 2.05) is 19.9 Å². The minimum atomic E-state index is -0.883. The van der Waals surface area contributed by atoms with Crippen LogP contribution in [0.4, 0.5) is 0 Å². The van der Waals surface area contributed by atoms with Gasteiger partial charge in [0.1, 0.15) is 5.60 Å². The molecule has 2 N–H and O–H groups in total. The first kappa shape index (κ1) is 14.2. The Kier molecular flexibility index (Phi) is 4.60. The molecule has 0 aliphatic carbocycles. The van der Waals surface area contributed by atoms with E-state index in [9.17, 15) is 5.11 Å². The Morgan fingerprint density at radius 1 is 1.47 bits per heavy atom. The molecule has 0 fully saturated rings. The van der Waals surface area contributed by atoms with Crippen molar-refractivity contribution >= 4 is 0 Å². The summed E-state index contributed by atoms with van der Waals surface area (Å²) in [5, 5.41) is 13.6. The molecule has 0 amide bonds. The third-order valence-corrected chi connectivity index (χ3v) is 3.06. The maximum absolute atomic E-state index is 10.6. The Morgan fingerprint density at radius 2 is 1.93 bits per heavy atom. The van der Waals surface area contributed by atoms with Gasteiger partial charge in [0.2, 0.25) is 0 Å². The highest BCUT2D eigenvalue weighted by Crippen LogP contribution is 2.36. The lowest BCUT2D eigenvalue weighted by atomic mass is 9.74. The van der Waals surface area contributed by atoms with Crippen LogP contribution in [0.25, 0.3) is 0 Å². The molecule has 88 valence electrons. The van der Waals surface area contributed by atoms with E-state index in [-0.39, 0.29) is 11.3 Å². The Hall–Kier alpha value is -0.760. The topological polar surface area (TPSA) is 32.3 Å². The maximum Gasteiger partial charge on any atom is 0.106 e. The fourth-order valence-corrected chi connectivity index (χ4v) is 1.64. The lowest BCUT2D eigenvalue weighted by Gasteiger charge is -2.39. The maximum atomic E-state index is 10.6. The molecule has 0 aromatic carbocycles. The summed E-state index contributed by atoms with van der Waals surface area (Å²) in [5.41, 5.74) is -0.307. The van der Waals surface area contributed by atoms with Gasteiger partial charge in [-0.2, -0.15) is 0 Å². The second-order valence-corrected chi connectivity index (χ2v) is 5.18. The number of nitrogens with one attached hydrogen (secondary N) is 1. The number of hydrogen-bond acceptors (Lipinski definition) is 2. The largest absolute Gasteiger partial charge is 0.390 e. The van der Waals surface area contributed by atoms with Crippen molar-refractivity contribution < 1.29 is 5.11 Å². The number of likely N-dealkylation sites (N-methyl/N-ethyl adjacent to an activating group) is 1. The second-order valence-electron chi connectivity index (χ2n) is 5.18. The van der Waals surface area contributed by atoms with Crippen LogP contribution in [0.1, 0.15) is 34.1 Å². The molecule has 0 aromatic rings. The Bertz CT molecular complexity index is 243. The molecule has 0 saturated carbocycles. The summed E-state index contributed by atoms with van der Waals surface area (Å²) in [4.78, 5) is 0. The van der Waals surface area contributed by atoms with E-state index in [1.54, 1.807) is 7.05 Å². The molecule has 0 saturated heterocycles. The van der Waals surface area contributed by atoms with Crippen LogP contribution in [0.15, 0.2) is 24.9 Å². The predicted octanol–water partition coefficient (Wildman–Crippen LogP) is 2.71. The minimum absolute atomic E-state index is 0.0984. The highest BCUT2D eigenvalue weighted by atomic mass is 16.3. The van der Waals surface area contributed by atoms with Crippen LogP contribution in [0, 0.1) is 11.3 Å². The molecule has 1 atom stereocenters. The molecular weight excluding hydrogens is 186 g/mol. The molecule has 0 aromatic heterocycles. The van der Waals surface area contributed by atoms with Crippen LogP contribution in [-0.4, -0.2) is 17.8 Å². The average Bonchev–Trinajstić information content (AvgIpc) is 2.15. The summed E-state index contributed by atoms with van der Waals surface area (Å²) in [6, 6.07) is 0. The molecule has 2 nitrogen and oxygen atoms in total. The summed E-state index contributed by atoms with van der Waals surface area (Å²) in [6.07, 6.45) is 2.50. The molecule has 0 radical (unpaired) electrons. The fraction of sp³-hybridized carbons (Fsp3) is 0.692. The lowest BCUT2D eigenvalue weighted by Crippen LogP contribution is -2.44. The van der Waals surface area contributed by atoms with Gasteiger partial charge in [0.05, 0.1) is 0 Å². The quantitative estimate of drug-likeness (QED) is 0.662. The zero-order valence-corrected chi connectivity index (χ0v) is 10.7. The van der Waals surface area contributed by atoms with Crippen molar-refractivity contribution in [2.24, 2.45) is 11.3 Å². The Labute approximate surface area is 94.1 Å². The third kappa shape index (κ3) is 3.38. The Balaban J connectivity index is 4.98. The first-order chi connectivity index (χ1) is 6.69. The van der Waals surface area contributed by atoms with Gasteiger partial charge in [0.25, 0.3) is 0 Å². The van der Waals surface area contributed by atoms with Crippen molar-refractivity contribution in [2.45, 2.75) is 39.7 Å². The van der Waals surface area contributed by atoms with Gasteiger partial charge in [-0.1, -0.05) is 40.3 Å². The van der Waals surface area contributed by atoms with E-state index in [1.165, 1.54) is 0 Å². The number of aliphatic hydroxyl groups is 1. The van der Waals surface area contributed by atoms with Crippen molar-refractivity contribution in [1.82, 2.24) is 5.32 Å². The predicted molar refractivity (Wildman–Crippen MR) is 66.6 cm³/mol. The van der Waals surface area contributed by atoms with Crippen LogP contribution in [0.3, 0.4) is 0 Å². The summed E-state index contributed by atoms with van der Waals surface area (Å²) < 4.78 is 0. The van der Waals surface area contributed by atoms with E-state index in [0.717, 1.165) is 0 Å². The van der Waals surface area contributed by atoms with Gasteiger partial charge in [-0.25, -0.2) is 0 Å². The minimum Gasteiger partial charge on any atom is -0.390 e. The lowest BCUT2D eigenvalue weighted by molar-refractivity contribution is -0.00401. The normalized spacial score (nSPS) is 15.9. The fourth-order valence-electron chi connectivity index (χ4n) is 1.64. The van der Waals surface area contributed by atoms with Gasteiger partial charge in [-0.05, 0) is 17.8 Å². The monoisotopic (exact) mass is 211 g/mol. The van der Waals surface area contributed by atoms with E-state index in [0.29, 0.717) is 12.1 Å². The SMILES string of the molecule is C=CC(C)(C)CC(O)(C(=C)NC)C(C)C. The Morgan fingerprint density at radius 3 is 2.20 bits per heavy atom. The molecule has 0 aliphatic rings. The number of rotatable bonds is 6. The van der Waals surface area contributed by atoms with Crippen LogP contribution in [0.5, 0.6) is 0 Å². The molecule has 0 rings (SSSR count). The smallest absolute Gasteiger partial charge is 0.106 e. The zero-order valence-electron chi connectivity index (χ0n) is 10.7. The van der Waals surface area contributed by atoms with Crippen molar-refractivity contribution in [3.63, 3.8) is 0 Å². The van der Waals surface area contributed by atoms with Gasteiger partial charge in [-0.3, -0.25) is 0 Å². The molecule has 0 heterocycles. The van der Waals surface area contributed by atoms with E-state index < -0.39 is 5.60 Å². The first-order valence-electron chi connectivity index (χ1n) is 5.42. The molecule has 2 heteroatoms. The van der Waals surface area contributed by atoms with Crippen molar-refractivity contribution in [3.05, 3.63) is 24.9 Å². The number of hydrogen-bond donors (Lipinski definition) is 2. The van der Waals surface area contributed by atoms with Crippen LogP contribution < -0.4 is 5.32 Å². The third-order valence-electron chi connectivity index (χ3n) is 3.06. The number of allylic oxidation sites excluding steroid dienone is 1.